The van der Waals surface area contributed by atoms with E-state index in [2.05, 4.69) is 5.32 Å². The predicted molar refractivity (Wildman–Crippen MR) is 87.8 cm³/mol. The zero-order valence-electron chi connectivity index (χ0n) is 13.2. The number of benzene rings is 1. The molecule has 0 bridgehead atoms. The van der Waals surface area contributed by atoms with Crippen molar-refractivity contribution in [2.24, 2.45) is 0 Å². The number of aromatic nitrogens is 1. The van der Waals surface area contributed by atoms with Crippen molar-refractivity contribution < 1.29 is 19.4 Å². The second-order valence-corrected chi connectivity index (χ2v) is 5.54. The highest BCUT2D eigenvalue weighted by atomic mass is 16.5. The first-order valence-electron chi connectivity index (χ1n) is 7.63. The number of aryl methyl sites for hydroxylation is 1. The van der Waals surface area contributed by atoms with E-state index in [4.69, 9.17) is 9.47 Å². The molecule has 2 heterocycles. The molecule has 1 aliphatic rings. The topological polar surface area (TPSA) is 89.8 Å². The van der Waals surface area contributed by atoms with Crippen LogP contribution in [-0.4, -0.2) is 28.8 Å². The Morgan fingerprint density at radius 1 is 1.21 bits per heavy atom. The summed E-state index contributed by atoms with van der Waals surface area (Å²) in [7, 11) is 0. The lowest BCUT2D eigenvalue weighted by Gasteiger charge is -2.12. The minimum Gasteiger partial charge on any atom is -0.508 e. The summed E-state index contributed by atoms with van der Waals surface area (Å²) in [5.74, 6) is 0.775. The SMILES string of the molecule is Cc1cc(O)cc(=O)n1CC(=O)Nc1ccc2c(c1)OCCCO2. The molecule has 126 valence electrons. The molecule has 0 fully saturated rings. The number of nitrogens with one attached hydrogen (secondary N) is 1. The molecule has 3 rings (SSSR count). The number of carbonyl (C=O) groups excluding carboxylic acids is 1. The number of nitrogens with zero attached hydrogens (tertiary/aromatic N) is 1. The average molecular weight is 330 g/mol. The summed E-state index contributed by atoms with van der Waals surface area (Å²) in [5.41, 5.74) is 0.642. The fraction of sp³-hybridized carbons (Fsp3) is 0.294. The number of hydrogen-bond acceptors (Lipinski definition) is 5. The first kappa shape index (κ1) is 15.9. The molecule has 24 heavy (non-hydrogen) atoms. The van der Waals surface area contributed by atoms with E-state index < -0.39 is 5.56 Å². The summed E-state index contributed by atoms with van der Waals surface area (Å²) >= 11 is 0. The van der Waals surface area contributed by atoms with Gasteiger partial charge in [0.2, 0.25) is 5.91 Å². The summed E-state index contributed by atoms with van der Waals surface area (Å²) in [6.45, 7) is 2.68. The van der Waals surface area contributed by atoms with E-state index in [0.717, 1.165) is 12.5 Å². The van der Waals surface area contributed by atoms with E-state index >= 15 is 0 Å². The van der Waals surface area contributed by atoms with Crippen LogP contribution >= 0.6 is 0 Å². The highest BCUT2D eigenvalue weighted by Gasteiger charge is 2.13. The molecule has 0 aliphatic carbocycles. The third-order valence-corrected chi connectivity index (χ3v) is 3.65. The van der Waals surface area contributed by atoms with Crippen LogP contribution in [0.25, 0.3) is 0 Å². The monoisotopic (exact) mass is 330 g/mol. The number of pyridine rings is 1. The maximum atomic E-state index is 12.2. The molecule has 1 amide bonds. The highest BCUT2D eigenvalue weighted by molar-refractivity contribution is 5.91. The van der Waals surface area contributed by atoms with E-state index in [-0.39, 0.29) is 18.2 Å². The van der Waals surface area contributed by atoms with Crippen LogP contribution in [0.1, 0.15) is 12.1 Å². The lowest BCUT2D eigenvalue weighted by Crippen LogP contribution is -2.28. The summed E-state index contributed by atoms with van der Waals surface area (Å²) in [5, 5.41) is 12.1. The standard InChI is InChI=1S/C17H18N2O5/c1-11-7-13(20)9-17(22)19(11)10-16(21)18-12-3-4-14-15(8-12)24-6-2-5-23-14/h3-4,7-9,20H,2,5-6,10H2,1H3,(H,18,21). The van der Waals surface area contributed by atoms with Crippen LogP contribution in [-0.2, 0) is 11.3 Å². The van der Waals surface area contributed by atoms with E-state index in [0.29, 0.717) is 36.1 Å². The quantitative estimate of drug-likeness (QED) is 0.893. The van der Waals surface area contributed by atoms with Gasteiger partial charge in [-0.05, 0) is 25.1 Å². The molecule has 0 saturated heterocycles. The van der Waals surface area contributed by atoms with Crippen LogP contribution in [0.3, 0.4) is 0 Å². The Morgan fingerprint density at radius 2 is 1.96 bits per heavy atom. The Bertz CT molecular complexity index is 828. The minimum absolute atomic E-state index is 0.114. The lowest BCUT2D eigenvalue weighted by molar-refractivity contribution is -0.116. The molecular formula is C17H18N2O5. The van der Waals surface area contributed by atoms with Crippen molar-refractivity contribution in [3.63, 3.8) is 0 Å². The molecule has 7 nitrogen and oxygen atoms in total. The van der Waals surface area contributed by atoms with Gasteiger partial charge < -0.3 is 24.5 Å². The van der Waals surface area contributed by atoms with Gasteiger partial charge in [0.05, 0.1) is 13.2 Å². The Labute approximate surface area is 138 Å². The molecule has 7 heteroatoms. The van der Waals surface area contributed by atoms with Crippen molar-refractivity contribution in [2.75, 3.05) is 18.5 Å². The predicted octanol–water partition coefficient (Wildman–Crippen LogP) is 1.66. The van der Waals surface area contributed by atoms with Gasteiger partial charge in [0.15, 0.2) is 11.5 Å². The van der Waals surface area contributed by atoms with Crippen molar-refractivity contribution in [3.8, 4) is 17.2 Å². The largest absolute Gasteiger partial charge is 0.508 e. The third-order valence-electron chi connectivity index (χ3n) is 3.65. The van der Waals surface area contributed by atoms with E-state index in [9.17, 15) is 14.7 Å². The van der Waals surface area contributed by atoms with Crippen molar-refractivity contribution >= 4 is 11.6 Å². The normalized spacial score (nSPS) is 13.2. The molecule has 1 aromatic carbocycles. The number of fused-ring (bicyclic) bond motifs is 1. The van der Waals surface area contributed by atoms with Gasteiger partial charge in [-0.15, -0.1) is 0 Å². The van der Waals surface area contributed by atoms with Gasteiger partial charge in [-0.1, -0.05) is 0 Å². The first-order valence-corrected chi connectivity index (χ1v) is 7.63. The Balaban J connectivity index is 1.74. The van der Waals surface area contributed by atoms with Gasteiger partial charge in [0, 0.05) is 29.9 Å². The molecular weight excluding hydrogens is 312 g/mol. The first-order chi connectivity index (χ1) is 11.5. The molecule has 0 spiro atoms. The number of anilines is 1. The molecule has 2 N–H and O–H groups in total. The Morgan fingerprint density at radius 3 is 2.71 bits per heavy atom. The van der Waals surface area contributed by atoms with E-state index in [1.807, 2.05) is 0 Å². The van der Waals surface area contributed by atoms with Gasteiger partial charge >= 0.3 is 0 Å². The van der Waals surface area contributed by atoms with Crippen molar-refractivity contribution in [1.82, 2.24) is 4.57 Å². The van der Waals surface area contributed by atoms with E-state index in [1.165, 1.54) is 10.6 Å². The minimum atomic E-state index is -0.429. The van der Waals surface area contributed by atoms with E-state index in [1.54, 1.807) is 25.1 Å². The summed E-state index contributed by atoms with van der Waals surface area (Å²) in [6.07, 6.45) is 0.805. The van der Waals surface area contributed by atoms with Crippen LogP contribution in [0.15, 0.2) is 35.1 Å². The average Bonchev–Trinajstić information content (AvgIpc) is 2.75. The number of rotatable bonds is 3. The molecule has 1 aromatic heterocycles. The molecule has 2 aromatic rings. The van der Waals surface area contributed by atoms with Crippen LogP contribution < -0.4 is 20.3 Å². The summed E-state index contributed by atoms with van der Waals surface area (Å²) in [6, 6.07) is 7.67. The zero-order valence-corrected chi connectivity index (χ0v) is 13.2. The maximum absolute atomic E-state index is 12.2. The van der Waals surface area contributed by atoms with Crippen molar-refractivity contribution in [1.29, 1.82) is 0 Å². The smallest absolute Gasteiger partial charge is 0.254 e. The van der Waals surface area contributed by atoms with Gasteiger partial charge in [-0.3, -0.25) is 9.59 Å². The fourth-order valence-corrected chi connectivity index (χ4v) is 2.50. The lowest BCUT2D eigenvalue weighted by atomic mass is 10.2. The third kappa shape index (κ3) is 3.51. The number of ether oxygens (including phenoxy) is 2. The van der Waals surface area contributed by atoms with Crippen molar-refractivity contribution in [2.45, 2.75) is 19.9 Å². The van der Waals surface area contributed by atoms with Crippen LogP contribution in [0, 0.1) is 6.92 Å². The molecule has 0 unspecified atom stereocenters. The van der Waals surface area contributed by atoms with Gasteiger partial charge in [0.25, 0.3) is 5.56 Å². The summed E-state index contributed by atoms with van der Waals surface area (Å²) in [4.78, 5) is 24.1. The van der Waals surface area contributed by atoms with Crippen LogP contribution in [0.5, 0.6) is 17.2 Å². The number of carbonyl (C=O) groups is 1. The molecule has 0 radical (unpaired) electrons. The fourth-order valence-electron chi connectivity index (χ4n) is 2.50. The van der Waals surface area contributed by atoms with Gasteiger partial charge in [-0.2, -0.15) is 0 Å². The second-order valence-electron chi connectivity index (χ2n) is 5.54. The van der Waals surface area contributed by atoms with Gasteiger partial charge in [-0.25, -0.2) is 0 Å². The number of aromatic hydroxyl groups is 1. The number of hydrogen-bond donors (Lipinski definition) is 2. The van der Waals surface area contributed by atoms with Crippen LogP contribution in [0.4, 0.5) is 5.69 Å². The maximum Gasteiger partial charge on any atom is 0.254 e. The van der Waals surface area contributed by atoms with Crippen LogP contribution in [0.2, 0.25) is 0 Å². The molecule has 0 saturated carbocycles. The second kappa shape index (κ2) is 6.66. The Hall–Kier alpha value is -2.96. The molecule has 0 atom stereocenters. The zero-order chi connectivity index (χ0) is 17.1. The number of amides is 1. The Kier molecular flexibility index (Phi) is 4.41. The molecule has 1 aliphatic heterocycles. The van der Waals surface area contributed by atoms with Gasteiger partial charge in [0.1, 0.15) is 12.3 Å². The summed E-state index contributed by atoms with van der Waals surface area (Å²) < 4.78 is 12.4. The van der Waals surface area contributed by atoms with Crippen molar-refractivity contribution in [3.05, 3.63) is 46.4 Å². The highest BCUT2D eigenvalue weighted by Crippen LogP contribution is 2.32.